The molecule has 0 aliphatic rings. The van der Waals surface area contributed by atoms with Crippen LogP contribution in [0.1, 0.15) is 0 Å². The van der Waals surface area contributed by atoms with Gasteiger partial charge in [0.15, 0.2) is 5.82 Å². The maximum absolute atomic E-state index is 6.47. The molecule has 0 radical (unpaired) electrons. The number of benzene rings is 9. The zero-order valence-corrected chi connectivity index (χ0v) is 32.1. The normalized spacial score (nSPS) is 11.4. The standard InChI is InChI=1S/C56H36N2O/c1-5-16-37(17-6-1)45-34-47(42-25-15-26-44(32-42)51-36-50(39-19-7-2-8-20-39)57-56(58-51)41-23-11-4-12-24-41)54(40-21-9-3-10-22-40)48(35-45)43-29-30-52-49(33-43)55-46-27-14-13-18-38(46)28-31-53(55)59-52/h1-36H. The first-order chi connectivity index (χ1) is 29.2. The van der Waals surface area contributed by atoms with Crippen LogP contribution in [0.4, 0.5) is 0 Å². The van der Waals surface area contributed by atoms with Crippen molar-refractivity contribution in [3.63, 3.8) is 0 Å². The summed E-state index contributed by atoms with van der Waals surface area (Å²) in [5, 5.41) is 4.63. The summed E-state index contributed by atoms with van der Waals surface area (Å²) in [7, 11) is 0. The zero-order valence-electron chi connectivity index (χ0n) is 32.1. The molecule has 0 fully saturated rings. The first-order valence-corrected chi connectivity index (χ1v) is 20.0. The van der Waals surface area contributed by atoms with Gasteiger partial charge in [-0.25, -0.2) is 9.97 Å². The molecule has 0 aliphatic carbocycles. The van der Waals surface area contributed by atoms with Crippen molar-refractivity contribution >= 4 is 32.7 Å². The lowest BCUT2D eigenvalue weighted by Crippen LogP contribution is -1.96. The van der Waals surface area contributed by atoms with Crippen LogP contribution in [0.5, 0.6) is 0 Å². The van der Waals surface area contributed by atoms with E-state index in [1.165, 1.54) is 10.8 Å². The Labute approximate surface area is 342 Å². The molecular formula is C56H36N2O. The third kappa shape index (κ3) is 6.36. The summed E-state index contributed by atoms with van der Waals surface area (Å²) < 4.78 is 6.47. The Bertz CT molecular complexity index is 3240. The third-order valence-electron chi connectivity index (χ3n) is 11.3. The number of hydrogen-bond donors (Lipinski definition) is 0. The average Bonchev–Trinajstić information content (AvgIpc) is 3.71. The number of rotatable bonds is 7. The summed E-state index contributed by atoms with van der Waals surface area (Å²) in [6.07, 6.45) is 0. The number of fused-ring (bicyclic) bond motifs is 5. The Kier molecular flexibility index (Phi) is 8.49. The third-order valence-corrected chi connectivity index (χ3v) is 11.3. The molecule has 0 spiro atoms. The van der Waals surface area contributed by atoms with E-state index in [9.17, 15) is 0 Å². The zero-order chi connectivity index (χ0) is 39.1. The number of hydrogen-bond acceptors (Lipinski definition) is 3. The highest BCUT2D eigenvalue weighted by Crippen LogP contribution is 2.46. The minimum Gasteiger partial charge on any atom is -0.456 e. The first kappa shape index (κ1) is 34.4. The molecule has 3 nitrogen and oxygen atoms in total. The second-order valence-corrected chi connectivity index (χ2v) is 14.9. The fourth-order valence-corrected chi connectivity index (χ4v) is 8.44. The molecule has 0 saturated heterocycles. The van der Waals surface area contributed by atoms with Gasteiger partial charge in [0.25, 0.3) is 0 Å². The molecule has 0 saturated carbocycles. The van der Waals surface area contributed by atoms with E-state index in [4.69, 9.17) is 14.4 Å². The molecule has 0 bridgehead atoms. The highest BCUT2D eigenvalue weighted by atomic mass is 16.3. The minimum absolute atomic E-state index is 0.695. The van der Waals surface area contributed by atoms with Crippen LogP contribution in [0.25, 0.3) is 111 Å². The SMILES string of the molecule is c1ccc(-c2cc(-c3cccc(-c4cc(-c5ccccc5)nc(-c5ccccc5)n4)c3)c(-c3ccccc3)c(-c3ccc4oc5ccc6ccccc6c5c4c3)c2)cc1. The van der Waals surface area contributed by atoms with Crippen LogP contribution in [0.2, 0.25) is 0 Å². The quantitative estimate of drug-likeness (QED) is 0.163. The predicted molar refractivity (Wildman–Crippen MR) is 245 cm³/mol. The molecule has 0 aliphatic heterocycles. The number of nitrogens with zero attached hydrogens (tertiary/aromatic N) is 2. The van der Waals surface area contributed by atoms with Crippen LogP contribution in [0.15, 0.2) is 223 Å². The van der Waals surface area contributed by atoms with E-state index in [0.717, 1.165) is 94.5 Å². The number of furan rings is 1. The van der Waals surface area contributed by atoms with Crippen LogP contribution in [0, 0.1) is 0 Å². The van der Waals surface area contributed by atoms with Crippen LogP contribution in [-0.2, 0) is 0 Å². The van der Waals surface area contributed by atoms with Crippen molar-refractivity contribution in [2.75, 3.05) is 0 Å². The van der Waals surface area contributed by atoms with Gasteiger partial charge in [0.2, 0.25) is 0 Å². The molecule has 0 atom stereocenters. The molecule has 276 valence electrons. The average molecular weight is 753 g/mol. The molecule has 0 amide bonds. The van der Waals surface area contributed by atoms with Crippen LogP contribution < -0.4 is 0 Å². The lowest BCUT2D eigenvalue weighted by Gasteiger charge is -2.20. The fraction of sp³-hybridized carbons (Fsp3) is 0. The van der Waals surface area contributed by atoms with Crippen LogP contribution >= 0.6 is 0 Å². The minimum atomic E-state index is 0.695. The predicted octanol–water partition coefficient (Wildman–Crippen LogP) is 15.2. The monoisotopic (exact) mass is 752 g/mol. The molecule has 9 aromatic carbocycles. The Morgan fingerprint density at radius 2 is 0.847 bits per heavy atom. The second-order valence-electron chi connectivity index (χ2n) is 14.9. The fourth-order valence-electron chi connectivity index (χ4n) is 8.44. The molecule has 11 aromatic rings. The molecular weight excluding hydrogens is 717 g/mol. The van der Waals surface area contributed by atoms with E-state index in [-0.39, 0.29) is 0 Å². The van der Waals surface area contributed by atoms with Gasteiger partial charge in [-0.1, -0.05) is 176 Å². The van der Waals surface area contributed by atoms with Crippen molar-refractivity contribution in [2.24, 2.45) is 0 Å². The van der Waals surface area contributed by atoms with Gasteiger partial charge in [-0.3, -0.25) is 0 Å². The van der Waals surface area contributed by atoms with E-state index in [1.54, 1.807) is 0 Å². The highest BCUT2D eigenvalue weighted by molar-refractivity contribution is 6.19. The molecule has 59 heavy (non-hydrogen) atoms. The van der Waals surface area contributed by atoms with Crippen molar-refractivity contribution in [3.8, 4) is 78.4 Å². The van der Waals surface area contributed by atoms with Gasteiger partial charge in [-0.05, 0) is 97.7 Å². The largest absolute Gasteiger partial charge is 0.456 e. The molecule has 3 heteroatoms. The summed E-state index contributed by atoms with van der Waals surface area (Å²) in [6.45, 7) is 0. The summed E-state index contributed by atoms with van der Waals surface area (Å²) in [5.41, 5.74) is 15.7. The van der Waals surface area contributed by atoms with Gasteiger partial charge in [-0.15, -0.1) is 0 Å². The summed E-state index contributed by atoms with van der Waals surface area (Å²) in [5.74, 6) is 0.695. The lowest BCUT2D eigenvalue weighted by atomic mass is 9.84. The van der Waals surface area contributed by atoms with E-state index >= 15 is 0 Å². The van der Waals surface area contributed by atoms with Gasteiger partial charge in [-0.2, -0.15) is 0 Å². The highest BCUT2D eigenvalue weighted by Gasteiger charge is 2.20. The molecule has 0 unspecified atom stereocenters. The van der Waals surface area contributed by atoms with Crippen molar-refractivity contribution < 1.29 is 4.42 Å². The van der Waals surface area contributed by atoms with E-state index in [1.807, 2.05) is 24.3 Å². The van der Waals surface area contributed by atoms with Crippen molar-refractivity contribution in [1.29, 1.82) is 0 Å². The van der Waals surface area contributed by atoms with Crippen molar-refractivity contribution in [1.82, 2.24) is 9.97 Å². The van der Waals surface area contributed by atoms with E-state index in [0.29, 0.717) is 5.82 Å². The maximum Gasteiger partial charge on any atom is 0.160 e. The van der Waals surface area contributed by atoms with Crippen LogP contribution in [-0.4, -0.2) is 9.97 Å². The van der Waals surface area contributed by atoms with Gasteiger partial charge in [0.05, 0.1) is 11.4 Å². The van der Waals surface area contributed by atoms with E-state index in [2.05, 4.69) is 194 Å². The Morgan fingerprint density at radius 1 is 0.305 bits per heavy atom. The second kappa shape index (κ2) is 14.6. The summed E-state index contributed by atoms with van der Waals surface area (Å²) >= 11 is 0. The molecule has 11 rings (SSSR count). The first-order valence-electron chi connectivity index (χ1n) is 20.0. The molecule has 2 heterocycles. The Morgan fingerprint density at radius 3 is 1.56 bits per heavy atom. The topological polar surface area (TPSA) is 38.9 Å². The van der Waals surface area contributed by atoms with Crippen molar-refractivity contribution in [3.05, 3.63) is 218 Å². The maximum atomic E-state index is 6.47. The Hall–Kier alpha value is -7.88. The Balaban J connectivity index is 1.16. The summed E-state index contributed by atoms with van der Waals surface area (Å²) in [6, 6.07) is 77.1. The van der Waals surface area contributed by atoms with Crippen LogP contribution in [0.3, 0.4) is 0 Å². The lowest BCUT2D eigenvalue weighted by molar-refractivity contribution is 0.669. The van der Waals surface area contributed by atoms with Gasteiger partial charge in [0, 0.05) is 27.5 Å². The molecule has 0 N–H and O–H groups in total. The smallest absolute Gasteiger partial charge is 0.160 e. The number of aromatic nitrogens is 2. The summed E-state index contributed by atoms with van der Waals surface area (Å²) in [4.78, 5) is 10.3. The van der Waals surface area contributed by atoms with Crippen molar-refractivity contribution in [2.45, 2.75) is 0 Å². The van der Waals surface area contributed by atoms with E-state index < -0.39 is 0 Å². The van der Waals surface area contributed by atoms with Gasteiger partial charge in [0.1, 0.15) is 11.2 Å². The molecule has 2 aromatic heterocycles. The van der Waals surface area contributed by atoms with Gasteiger partial charge >= 0.3 is 0 Å². The van der Waals surface area contributed by atoms with Gasteiger partial charge < -0.3 is 4.42 Å².